The Labute approximate surface area is 192 Å². The van der Waals surface area contributed by atoms with Gasteiger partial charge in [-0.3, -0.25) is 4.79 Å². The van der Waals surface area contributed by atoms with Crippen molar-refractivity contribution in [2.24, 2.45) is 0 Å². The van der Waals surface area contributed by atoms with Crippen LogP contribution in [0.3, 0.4) is 0 Å². The van der Waals surface area contributed by atoms with Gasteiger partial charge in [0.1, 0.15) is 18.0 Å². The minimum Gasteiger partial charge on any atom is -0.481 e. The van der Waals surface area contributed by atoms with Crippen LogP contribution in [0, 0.1) is 5.82 Å². The highest BCUT2D eigenvalue weighted by Crippen LogP contribution is 2.22. The van der Waals surface area contributed by atoms with Gasteiger partial charge in [0.05, 0.1) is 30.5 Å². The molecule has 1 atom stereocenters. The number of anilines is 2. The number of aliphatic hydroxyl groups excluding tert-OH is 1. The molecule has 0 fully saturated rings. The van der Waals surface area contributed by atoms with Crippen LogP contribution in [-0.4, -0.2) is 36.7 Å². The summed E-state index contributed by atoms with van der Waals surface area (Å²) in [5.41, 5.74) is 1.04. The van der Waals surface area contributed by atoms with E-state index in [4.69, 9.17) is 16.3 Å². The molecule has 0 aliphatic carbocycles. The van der Waals surface area contributed by atoms with Crippen LogP contribution >= 0.6 is 11.6 Å². The Hall–Kier alpha value is -3.89. The number of nitrogens with zero attached hydrogens (tertiary/aromatic N) is 5. The summed E-state index contributed by atoms with van der Waals surface area (Å²) in [6.45, 7) is -0.0493. The Morgan fingerprint density at radius 2 is 2.03 bits per heavy atom. The van der Waals surface area contributed by atoms with Gasteiger partial charge in [-0.1, -0.05) is 17.7 Å². The highest BCUT2D eigenvalue weighted by Gasteiger charge is 2.13. The normalized spacial score (nSPS) is 11.8. The van der Waals surface area contributed by atoms with Crippen molar-refractivity contribution in [1.82, 2.24) is 24.5 Å². The summed E-state index contributed by atoms with van der Waals surface area (Å²) >= 11 is 5.68. The molecule has 9 nitrogen and oxygen atoms in total. The summed E-state index contributed by atoms with van der Waals surface area (Å²) in [7, 11) is 1.50. The summed E-state index contributed by atoms with van der Waals surface area (Å²) in [5, 5.41) is 13.3. The predicted octanol–water partition coefficient (Wildman–Crippen LogP) is 3.37. The largest absolute Gasteiger partial charge is 0.481 e. The topological polar surface area (TPSA) is 115 Å². The Morgan fingerprint density at radius 3 is 2.79 bits per heavy atom. The van der Waals surface area contributed by atoms with Crippen molar-refractivity contribution < 1.29 is 14.2 Å². The van der Waals surface area contributed by atoms with E-state index in [-0.39, 0.29) is 23.1 Å². The van der Waals surface area contributed by atoms with Crippen LogP contribution in [0.25, 0.3) is 11.3 Å². The summed E-state index contributed by atoms with van der Waals surface area (Å²) in [6, 6.07) is 10.4. The molecule has 0 amide bonds. The standard InChI is InChI=1S/C22H18ClFN6O3/c1-33-20-10-19(26-12-27-20)29-22-25-6-4-17(28-22)13-5-7-30(21(32)9-13)11-18(31)14-2-3-15(23)16(24)8-14/h2-10,12,18,31H,11H2,1H3,(H,25,26,27,28,29)/t18-/m1/s1. The highest BCUT2D eigenvalue weighted by atomic mass is 35.5. The first-order chi connectivity index (χ1) is 15.9. The van der Waals surface area contributed by atoms with Crippen molar-refractivity contribution in [3.63, 3.8) is 0 Å². The van der Waals surface area contributed by atoms with E-state index in [9.17, 15) is 14.3 Å². The number of benzene rings is 1. The lowest BCUT2D eigenvalue weighted by molar-refractivity contribution is 0.154. The van der Waals surface area contributed by atoms with Crippen LogP contribution < -0.4 is 15.6 Å². The molecule has 0 radical (unpaired) electrons. The lowest BCUT2D eigenvalue weighted by Crippen LogP contribution is -2.22. The van der Waals surface area contributed by atoms with E-state index in [2.05, 4.69) is 25.3 Å². The molecule has 0 bridgehead atoms. The molecule has 0 unspecified atom stereocenters. The van der Waals surface area contributed by atoms with Crippen molar-refractivity contribution in [1.29, 1.82) is 0 Å². The van der Waals surface area contributed by atoms with Gasteiger partial charge in [0.2, 0.25) is 11.8 Å². The van der Waals surface area contributed by atoms with Crippen LogP contribution in [0.5, 0.6) is 5.88 Å². The molecular weight excluding hydrogens is 451 g/mol. The molecule has 168 valence electrons. The smallest absolute Gasteiger partial charge is 0.251 e. The molecule has 0 spiro atoms. The molecule has 0 aliphatic rings. The number of methoxy groups -OCH3 is 1. The number of halogens is 2. The second-order valence-electron chi connectivity index (χ2n) is 6.93. The molecule has 33 heavy (non-hydrogen) atoms. The number of hydrogen-bond acceptors (Lipinski definition) is 8. The van der Waals surface area contributed by atoms with Crippen molar-refractivity contribution in [3.8, 4) is 17.1 Å². The van der Waals surface area contributed by atoms with Gasteiger partial charge in [0.25, 0.3) is 5.56 Å². The molecule has 11 heteroatoms. The van der Waals surface area contributed by atoms with Crippen LogP contribution in [0.1, 0.15) is 11.7 Å². The molecule has 1 aromatic carbocycles. The van der Waals surface area contributed by atoms with Crippen LogP contribution in [0.4, 0.5) is 16.2 Å². The molecule has 2 N–H and O–H groups in total. The average Bonchev–Trinajstić information content (AvgIpc) is 2.82. The Morgan fingerprint density at radius 1 is 1.18 bits per heavy atom. The Kier molecular flexibility index (Phi) is 6.57. The zero-order valence-corrected chi connectivity index (χ0v) is 18.1. The molecule has 0 aliphatic heterocycles. The van der Waals surface area contributed by atoms with Gasteiger partial charge in [-0.25, -0.2) is 24.3 Å². The van der Waals surface area contributed by atoms with Crippen molar-refractivity contribution in [3.05, 3.63) is 87.9 Å². The number of rotatable bonds is 7. The van der Waals surface area contributed by atoms with Crippen molar-refractivity contribution >= 4 is 23.4 Å². The Bertz CT molecular complexity index is 1350. The lowest BCUT2D eigenvalue weighted by Gasteiger charge is -2.14. The summed E-state index contributed by atoms with van der Waals surface area (Å²) < 4.78 is 20.1. The average molecular weight is 469 g/mol. The minimum atomic E-state index is -1.08. The van der Waals surface area contributed by atoms with E-state index in [1.54, 1.807) is 24.4 Å². The molecule has 0 saturated heterocycles. The van der Waals surface area contributed by atoms with Crippen LogP contribution in [-0.2, 0) is 6.54 Å². The van der Waals surface area contributed by atoms with Crippen molar-refractivity contribution in [2.75, 3.05) is 12.4 Å². The van der Waals surface area contributed by atoms with Gasteiger partial charge in [-0.15, -0.1) is 0 Å². The maximum atomic E-state index is 13.7. The molecule has 3 heterocycles. The third-order valence-corrected chi connectivity index (χ3v) is 5.04. The monoisotopic (exact) mass is 468 g/mol. The van der Waals surface area contributed by atoms with Gasteiger partial charge < -0.3 is 19.7 Å². The molecule has 3 aromatic heterocycles. The van der Waals surface area contributed by atoms with Gasteiger partial charge in [-0.05, 0) is 29.8 Å². The number of ether oxygens (including phenoxy) is 1. The van der Waals surface area contributed by atoms with Crippen LogP contribution in [0.2, 0.25) is 5.02 Å². The maximum Gasteiger partial charge on any atom is 0.251 e. The van der Waals surface area contributed by atoms with Gasteiger partial charge in [0, 0.05) is 30.1 Å². The fourth-order valence-corrected chi connectivity index (χ4v) is 3.16. The number of nitrogens with one attached hydrogen (secondary N) is 1. The third kappa shape index (κ3) is 5.30. The van der Waals surface area contributed by atoms with E-state index in [1.165, 1.54) is 42.4 Å². The quantitative estimate of drug-likeness (QED) is 0.424. The van der Waals surface area contributed by atoms with Gasteiger partial charge in [0.15, 0.2) is 0 Å². The first-order valence-corrected chi connectivity index (χ1v) is 10.1. The zero-order chi connectivity index (χ0) is 23.4. The van der Waals surface area contributed by atoms with E-state index in [0.29, 0.717) is 28.5 Å². The van der Waals surface area contributed by atoms with Gasteiger partial charge in [-0.2, -0.15) is 0 Å². The lowest BCUT2D eigenvalue weighted by atomic mass is 10.1. The number of aromatic nitrogens is 5. The first-order valence-electron chi connectivity index (χ1n) is 9.73. The molecule has 0 saturated carbocycles. The maximum absolute atomic E-state index is 13.7. The number of aliphatic hydroxyl groups is 1. The molecule has 4 aromatic rings. The van der Waals surface area contributed by atoms with E-state index >= 15 is 0 Å². The minimum absolute atomic E-state index is 0.0370. The number of hydrogen-bond donors (Lipinski definition) is 2. The predicted molar refractivity (Wildman–Crippen MR) is 120 cm³/mol. The molecular formula is C22H18ClFN6O3. The fraction of sp³-hybridized carbons (Fsp3) is 0.136. The Balaban J connectivity index is 1.52. The summed E-state index contributed by atoms with van der Waals surface area (Å²) in [5.74, 6) is 0.472. The highest BCUT2D eigenvalue weighted by molar-refractivity contribution is 6.30. The van der Waals surface area contributed by atoms with E-state index in [1.807, 2.05) is 0 Å². The first kappa shape index (κ1) is 22.3. The van der Waals surface area contributed by atoms with Crippen LogP contribution in [0.15, 0.2) is 66.0 Å². The second kappa shape index (κ2) is 9.72. The fourth-order valence-electron chi connectivity index (χ4n) is 3.04. The third-order valence-electron chi connectivity index (χ3n) is 4.74. The zero-order valence-electron chi connectivity index (χ0n) is 17.3. The summed E-state index contributed by atoms with van der Waals surface area (Å²) in [6.07, 6.45) is 3.35. The van der Waals surface area contributed by atoms with E-state index in [0.717, 1.165) is 6.07 Å². The van der Waals surface area contributed by atoms with E-state index < -0.39 is 11.9 Å². The second-order valence-corrected chi connectivity index (χ2v) is 7.34. The molecule has 4 rings (SSSR count). The SMILES string of the molecule is COc1cc(Nc2nccc(-c3ccn(C[C@@H](O)c4ccc(Cl)c(F)c4)c(=O)c3)n2)ncn1. The number of pyridine rings is 1. The van der Waals surface area contributed by atoms with Gasteiger partial charge >= 0.3 is 0 Å². The van der Waals surface area contributed by atoms with Crippen molar-refractivity contribution in [2.45, 2.75) is 12.6 Å². The summed E-state index contributed by atoms with van der Waals surface area (Å²) in [4.78, 5) is 29.2.